The third-order valence-corrected chi connectivity index (χ3v) is 2.37. The van der Waals surface area contributed by atoms with Crippen LogP contribution < -0.4 is 10.1 Å². The minimum Gasteiger partial charge on any atom is -0.508 e. The Morgan fingerprint density at radius 2 is 1.70 bits per heavy atom. The molecule has 0 saturated heterocycles. The van der Waals surface area contributed by atoms with Gasteiger partial charge in [-0.05, 0) is 36.4 Å². The smallest absolute Gasteiger partial charge is 0.417 e. The molecule has 0 aliphatic rings. The van der Waals surface area contributed by atoms with E-state index in [1.807, 2.05) is 0 Å². The molecule has 0 aliphatic heterocycles. The van der Waals surface area contributed by atoms with E-state index in [0.29, 0.717) is 5.69 Å². The van der Waals surface area contributed by atoms with Crippen LogP contribution in [0.25, 0.3) is 0 Å². The van der Waals surface area contributed by atoms with Gasteiger partial charge in [0.05, 0.1) is 4.92 Å². The molecule has 2 aromatic carbocycles. The molecule has 0 spiro atoms. The Kier molecular flexibility index (Phi) is 3.80. The van der Waals surface area contributed by atoms with Gasteiger partial charge in [-0.15, -0.1) is 0 Å². The van der Waals surface area contributed by atoms with Crippen LogP contribution in [0, 0.1) is 10.1 Å². The van der Waals surface area contributed by atoms with Crippen molar-refractivity contribution in [2.24, 2.45) is 0 Å². The number of phenols is 1. The van der Waals surface area contributed by atoms with Crippen molar-refractivity contribution in [3.8, 4) is 11.5 Å². The number of hydrogen-bond donors (Lipinski definition) is 2. The molecule has 1 amide bonds. The quantitative estimate of drug-likeness (QED) is 0.509. The number of anilines is 1. The number of hydrogen-bond acceptors (Lipinski definition) is 5. The summed E-state index contributed by atoms with van der Waals surface area (Å²) in [6.07, 6.45) is -0.732. The SMILES string of the molecule is O=C(Nc1ccc(O)cc1)Oc1ccc([N+](=O)[O-])cc1. The maximum atomic E-state index is 11.6. The maximum absolute atomic E-state index is 11.6. The molecule has 0 aromatic heterocycles. The molecule has 0 heterocycles. The van der Waals surface area contributed by atoms with Gasteiger partial charge in [-0.2, -0.15) is 0 Å². The number of nitro groups is 1. The van der Waals surface area contributed by atoms with E-state index in [0.717, 1.165) is 0 Å². The summed E-state index contributed by atoms with van der Waals surface area (Å²) in [5.41, 5.74) is 0.367. The van der Waals surface area contributed by atoms with Gasteiger partial charge in [0.25, 0.3) is 5.69 Å². The van der Waals surface area contributed by atoms with E-state index in [1.165, 1.54) is 48.5 Å². The monoisotopic (exact) mass is 274 g/mol. The number of amides is 1. The van der Waals surface area contributed by atoms with Gasteiger partial charge in [-0.3, -0.25) is 15.4 Å². The van der Waals surface area contributed by atoms with E-state index in [4.69, 9.17) is 9.84 Å². The molecular formula is C13H10N2O5. The summed E-state index contributed by atoms with van der Waals surface area (Å²) in [5.74, 6) is 0.270. The first kappa shape index (κ1) is 13.3. The van der Waals surface area contributed by atoms with Crippen molar-refractivity contribution in [1.29, 1.82) is 0 Å². The number of benzene rings is 2. The summed E-state index contributed by atoms with van der Waals surface area (Å²) >= 11 is 0. The van der Waals surface area contributed by atoms with Crippen LogP contribution in [-0.2, 0) is 0 Å². The van der Waals surface area contributed by atoms with Crippen LogP contribution in [-0.4, -0.2) is 16.1 Å². The number of non-ortho nitro benzene ring substituents is 1. The first-order valence-electron chi connectivity index (χ1n) is 5.57. The minimum atomic E-state index is -0.732. The highest BCUT2D eigenvalue weighted by atomic mass is 16.6. The fraction of sp³-hybridized carbons (Fsp3) is 0. The van der Waals surface area contributed by atoms with Gasteiger partial charge in [0.2, 0.25) is 0 Å². The lowest BCUT2D eigenvalue weighted by Crippen LogP contribution is -2.16. The summed E-state index contributed by atoms with van der Waals surface area (Å²) < 4.78 is 4.95. The molecule has 0 atom stereocenters. The van der Waals surface area contributed by atoms with Gasteiger partial charge in [0, 0.05) is 17.8 Å². The third-order valence-electron chi connectivity index (χ3n) is 2.37. The second-order valence-corrected chi connectivity index (χ2v) is 3.81. The van der Waals surface area contributed by atoms with Crippen molar-refractivity contribution >= 4 is 17.5 Å². The highest BCUT2D eigenvalue weighted by Gasteiger charge is 2.08. The zero-order chi connectivity index (χ0) is 14.5. The van der Waals surface area contributed by atoms with Crippen LogP contribution in [0.15, 0.2) is 48.5 Å². The number of phenolic OH excluding ortho intramolecular Hbond substituents is 1. The average Bonchev–Trinajstić information content (AvgIpc) is 2.42. The van der Waals surface area contributed by atoms with Crippen LogP contribution in [0.3, 0.4) is 0 Å². The molecule has 2 rings (SSSR count). The van der Waals surface area contributed by atoms with Crippen molar-refractivity contribution in [3.63, 3.8) is 0 Å². The Bertz CT molecular complexity index is 622. The Labute approximate surface area is 113 Å². The van der Waals surface area contributed by atoms with E-state index in [9.17, 15) is 14.9 Å². The predicted octanol–water partition coefficient (Wildman–Crippen LogP) is 2.91. The molecule has 20 heavy (non-hydrogen) atoms. The second kappa shape index (κ2) is 5.70. The van der Waals surface area contributed by atoms with Crippen LogP contribution in [0.2, 0.25) is 0 Å². The molecule has 7 nitrogen and oxygen atoms in total. The average molecular weight is 274 g/mol. The highest BCUT2D eigenvalue weighted by molar-refractivity contribution is 5.86. The Hall–Kier alpha value is -3.09. The van der Waals surface area contributed by atoms with E-state index in [1.54, 1.807) is 0 Å². The number of carbonyl (C=O) groups excluding carboxylic acids is 1. The molecule has 0 fully saturated rings. The Morgan fingerprint density at radius 3 is 2.25 bits per heavy atom. The molecule has 2 aromatic rings. The summed E-state index contributed by atoms with van der Waals surface area (Å²) in [6.45, 7) is 0. The lowest BCUT2D eigenvalue weighted by Gasteiger charge is -2.06. The number of rotatable bonds is 3. The standard InChI is InChI=1S/C13H10N2O5/c16-11-5-1-9(2-6-11)14-13(17)20-12-7-3-10(4-8-12)15(18)19/h1-8,16H,(H,14,17). The van der Waals surface area contributed by atoms with Gasteiger partial charge in [0.15, 0.2) is 0 Å². The summed E-state index contributed by atoms with van der Waals surface area (Å²) in [5, 5.41) is 22.0. The van der Waals surface area contributed by atoms with Crippen LogP contribution in [0.5, 0.6) is 11.5 Å². The van der Waals surface area contributed by atoms with E-state index < -0.39 is 11.0 Å². The number of nitrogens with zero attached hydrogens (tertiary/aromatic N) is 1. The number of nitro benzene ring substituents is 1. The zero-order valence-electron chi connectivity index (χ0n) is 10.1. The Balaban J connectivity index is 1.97. The molecule has 2 N–H and O–H groups in total. The third kappa shape index (κ3) is 3.45. The van der Waals surface area contributed by atoms with Crippen molar-refractivity contribution in [3.05, 3.63) is 58.6 Å². The largest absolute Gasteiger partial charge is 0.508 e. The summed E-state index contributed by atoms with van der Waals surface area (Å²) in [4.78, 5) is 21.5. The molecular weight excluding hydrogens is 264 g/mol. The highest BCUT2D eigenvalue weighted by Crippen LogP contribution is 2.18. The van der Waals surface area contributed by atoms with Gasteiger partial charge in [0.1, 0.15) is 11.5 Å². The van der Waals surface area contributed by atoms with Crippen molar-refractivity contribution in [2.75, 3.05) is 5.32 Å². The first-order chi connectivity index (χ1) is 9.54. The van der Waals surface area contributed by atoms with Crippen LogP contribution >= 0.6 is 0 Å². The fourth-order valence-electron chi connectivity index (χ4n) is 1.43. The minimum absolute atomic E-state index is 0.0827. The number of ether oxygens (including phenoxy) is 1. The molecule has 0 saturated carbocycles. The van der Waals surface area contributed by atoms with E-state index in [-0.39, 0.29) is 17.2 Å². The van der Waals surface area contributed by atoms with Crippen LogP contribution in [0.1, 0.15) is 0 Å². The second-order valence-electron chi connectivity index (χ2n) is 3.81. The normalized spacial score (nSPS) is 9.80. The van der Waals surface area contributed by atoms with Crippen LogP contribution in [0.4, 0.5) is 16.2 Å². The van der Waals surface area contributed by atoms with Crippen molar-refractivity contribution in [1.82, 2.24) is 0 Å². The summed E-state index contributed by atoms with van der Waals surface area (Å²) in [7, 11) is 0. The molecule has 102 valence electrons. The molecule has 7 heteroatoms. The van der Waals surface area contributed by atoms with Crippen molar-refractivity contribution < 1.29 is 19.6 Å². The van der Waals surface area contributed by atoms with Gasteiger partial charge in [-0.1, -0.05) is 0 Å². The molecule has 0 aliphatic carbocycles. The topological polar surface area (TPSA) is 102 Å². The van der Waals surface area contributed by atoms with E-state index >= 15 is 0 Å². The van der Waals surface area contributed by atoms with Gasteiger partial charge in [-0.25, -0.2) is 4.79 Å². The maximum Gasteiger partial charge on any atom is 0.417 e. The first-order valence-corrected chi connectivity index (χ1v) is 5.57. The number of nitrogens with one attached hydrogen (secondary N) is 1. The van der Waals surface area contributed by atoms with Gasteiger partial charge < -0.3 is 9.84 Å². The predicted molar refractivity (Wildman–Crippen MR) is 70.8 cm³/mol. The molecule has 0 radical (unpaired) electrons. The zero-order valence-corrected chi connectivity index (χ0v) is 10.1. The summed E-state index contributed by atoms with van der Waals surface area (Å²) in [6, 6.07) is 11.0. The Morgan fingerprint density at radius 1 is 1.10 bits per heavy atom. The number of aromatic hydroxyl groups is 1. The molecule has 0 bridgehead atoms. The van der Waals surface area contributed by atoms with Gasteiger partial charge >= 0.3 is 6.09 Å². The number of carbonyl (C=O) groups is 1. The molecule has 0 unspecified atom stereocenters. The lowest BCUT2D eigenvalue weighted by atomic mass is 10.3. The lowest BCUT2D eigenvalue weighted by molar-refractivity contribution is -0.384. The van der Waals surface area contributed by atoms with E-state index in [2.05, 4.69) is 5.32 Å². The fourth-order valence-corrected chi connectivity index (χ4v) is 1.43. The van der Waals surface area contributed by atoms with Crippen molar-refractivity contribution in [2.45, 2.75) is 0 Å².